The van der Waals surface area contributed by atoms with E-state index in [1.165, 1.54) is 6.07 Å². The second kappa shape index (κ2) is 7.20. The maximum Gasteiger partial charge on any atom is 0.325 e. The van der Waals surface area contributed by atoms with Crippen molar-refractivity contribution in [3.8, 4) is 16.9 Å². The second-order valence-corrected chi connectivity index (χ2v) is 7.66. The molecule has 4 aromatic rings. The van der Waals surface area contributed by atoms with Gasteiger partial charge in [0, 0.05) is 17.4 Å². The number of H-pyrrole nitrogens is 2. The van der Waals surface area contributed by atoms with Gasteiger partial charge >= 0.3 is 5.69 Å². The second-order valence-electron chi connectivity index (χ2n) is 6.01. The molecule has 4 rings (SSSR count). The largest absolute Gasteiger partial charge is 0.325 e. The van der Waals surface area contributed by atoms with Crippen LogP contribution in [0.25, 0.3) is 16.9 Å². The van der Waals surface area contributed by atoms with Gasteiger partial charge in [-0.05, 0) is 24.3 Å². The van der Waals surface area contributed by atoms with E-state index in [9.17, 15) is 18.0 Å². The first-order valence-electron chi connectivity index (χ1n) is 8.35. The van der Waals surface area contributed by atoms with Crippen molar-refractivity contribution in [1.82, 2.24) is 25.0 Å². The van der Waals surface area contributed by atoms with E-state index >= 15 is 0 Å². The van der Waals surface area contributed by atoms with Gasteiger partial charge in [0.25, 0.3) is 15.6 Å². The summed E-state index contributed by atoms with van der Waals surface area (Å²) in [6, 6.07) is 15.9. The Bertz CT molecular complexity index is 1390. The zero-order valence-electron chi connectivity index (χ0n) is 14.7. The summed E-state index contributed by atoms with van der Waals surface area (Å²) < 4.78 is 28.9. The maximum absolute atomic E-state index is 12.5. The predicted molar refractivity (Wildman–Crippen MR) is 105 cm³/mol. The monoisotopic (exact) mass is 410 g/mol. The lowest BCUT2D eigenvalue weighted by Crippen LogP contribution is -2.29. The van der Waals surface area contributed by atoms with E-state index in [1.807, 2.05) is 35.3 Å². The molecule has 146 valence electrons. The van der Waals surface area contributed by atoms with E-state index in [2.05, 4.69) is 20.0 Å². The summed E-state index contributed by atoms with van der Waals surface area (Å²) >= 11 is 0. The summed E-state index contributed by atoms with van der Waals surface area (Å²) in [6.45, 7) is 0. The maximum atomic E-state index is 12.5. The van der Waals surface area contributed by atoms with Crippen LogP contribution in [0.3, 0.4) is 0 Å². The highest BCUT2D eigenvalue weighted by atomic mass is 32.2. The number of aromatic nitrogens is 5. The third-order valence-corrected chi connectivity index (χ3v) is 5.39. The molecule has 0 unspecified atom stereocenters. The van der Waals surface area contributed by atoms with Crippen molar-refractivity contribution in [1.29, 1.82) is 0 Å². The molecule has 0 bridgehead atoms. The molecule has 0 saturated heterocycles. The Morgan fingerprint density at radius 2 is 1.79 bits per heavy atom. The summed E-state index contributed by atoms with van der Waals surface area (Å²) in [6.07, 6.45) is 2.56. The molecule has 0 spiro atoms. The fraction of sp³-hybridized carbons (Fsp3) is 0. The first kappa shape index (κ1) is 18.4. The topological polar surface area (TPSA) is 143 Å². The molecule has 3 N–H and O–H groups in total. The molecule has 2 aromatic carbocycles. The number of nitrogens with one attached hydrogen (secondary N) is 3. The molecule has 2 heterocycles. The molecule has 0 radical (unpaired) electrons. The van der Waals surface area contributed by atoms with Crippen LogP contribution in [0, 0.1) is 0 Å². The SMILES string of the molecule is O=c1[nH]cc(S(=O)(=O)Nc2cccc(-c3cn(-c4ccccc4)nn3)c2)c(=O)[nH]1. The van der Waals surface area contributed by atoms with Gasteiger partial charge in [-0.3, -0.25) is 14.5 Å². The molecule has 2 aromatic heterocycles. The van der Waals surface area contributed by atoms with Gasteiger partial charge in [0.15, 0.2) is 4.90 Å². The highest BCUT2D eigenvalue weighted by molar-refractivity contribution is 7.92. The Balaban J connectivity index is 1.64. The molecule has 0 saturated carbocycles. The van der Waals surface area contributed by atoms with Crippen LogP contribution < -0.4 is 16.0 Å². The number of sulfonamides is 1. The normalized spacial score (nSPS) is 11.3. The van der Waals surface area contributed by atoms with Gasteiger partial charge in [0.1, 0.15) is 5.69 Å². The molecule has 10 nitrogen and oxygen atoms in total. The fourth-order valence-electron chi connectivity index (χ4n) is 2.65. The molecule has 0 aliphatic carbocycles. The van der Waals surface area contributed by atoms with Gasteiger partial charge in [-0.2, -0.15) is 0 Å². The molecular formula is C18H14N6O4S. The number of hydrogen-bond donors (Lipinski definition) is 3. The number of aromatic amines is 2. The predicted octanol–water partition coefficient (Wildman–Crippen LogP) is 1.11. The van der Waals surface area contributed by atoms with Crippen LogP contribution in [-0.4, -0.2) is 33.4 Å². The summed E-state index contributed by atoms with van der Waals surface area (Å²) in [5.74, 6) is 0. The summed E-state index contributed by atoms with van der Waals surface area (Å²) in [7, 11) is -4.20. The molecule has 0 aliphatic heterocycles. The number of rotatable bonds is 5. The molecule has 0 atom stereocenters. The van der Waals surface area contributed by atoms with Crippen LogP contribution in [0.5, 0.6) is 0 Å². The highest BCUT2D eigenvalue weighted by Crippen LogP contribution is 2.22. The average Bonchev–Trinajstić information content (AvgIpc) is 3.18. The minimum Gasteiger partial charge on any atom is -0.313 e. The van der Waals surface area contributed by atoms with Gasteiger partial charge in [-0.25, -0.2) is 17.9 Å². The van der Waals surface area contributed by atoms with Gasteiger partial charge in [-0.1, -0.05) is 35.5 Å². The third-order valence-electron chi connectivity index (χ3n) is 4.00. The first-order valence-corrected chi connectivity index (χ1v) is 9.84. The summed E-state index contributed by atoms with van der Waals surface area (Å²) in [5.41, 5.74) is 0.419. The van der Waals surface area contributed by atoms with Crippen molar-refractivity contribution >= 4 is 15.7 Å². The van der Waals surface area contributed by atoms with Crippen molar-refractivity contribution in [3.63, 3.8) is 0 Å². The molecule has 0 aliphatic rings. The zero-order valence-corrected chi connectivity index (χ0v) is 15.6. The van der Waals surface area contributed by atoms with E-state index < -0.39 is 26.2 Å². The third kappa shape index (κ3) is 3.84. The van der Waals surface area contributed by atoms with E-state index in [4.69, 9.17) is 0 Å². The molecule has 29 heavy (non-hydrogen) atoms. The zero-order chi connectivity index (χ0) is 20.4. The smallest absolute Gasteiger partial charge is 0.313 e. The van der Waals surface area contributed by atoms with Crippen LogP contribution in [0.4, 0.5) is 5.69 Å². The Labute approximate surface area is 163 Å². The van der Waals surface area contributed by atoms with Crippen LogP contribution in [0.1, 0.15) is 0 Å². The minimum absolute atomic E-state index is 0.224. The van der Waals surface area contributed by atoms with Gasteiger partial charge in [-0.15, -0.1) is 5.10 Å². The van der Waals surface area contributed by atoms with Crippen molar-refractivity contribution < 1.29 is 8.42 Å². The Morgan fingerprint density at radius 1 is 1.00 bits per heavy atom. The Hall–Kier alpha value is -3.99. The number of hydrogen-bond acceptors (Lipinski definition) is 6. The fourth-order valence-corrected chi connectivity index (χ4v) is 3.71. The van der Waals surface area contributed by atoms with Crippen LogP contribution in [0.2, 0.25) is 0 Å². The summed E-state index contributed by atoms with van der Waals surface area (Å²) in [5, 5.41) is 8.21. The van der Waals surface area contributed by atoms with Crippen LogP contribution in [-0.2, 0) is 10.0 Å². The molecule has 11 heteroatoms. The van der Waals surface area contributed by atoms with Crippen LogP contribution >= 0.6 is 0 Å². The average molecular weight is 410 g/mol. The van der Waals surface area contributed by atoms with E-state index in [0.29, 0.717) is 11.3 Å². The molecular weight excluding hydrogens is 396 g/mol. The van der Waals surface area contributed by atoms with Gasteiger partial charge in [0.2, 0.25) is 0 Å². The Kier molecular flexibility index (Phi) is 4.56. The van der Waals surface area contributed by atoms with E-state index in [-0.39, 0.29) is 5.69 Å². The molecule has 0 amide bonds. The van der Waals surface area contributed by atoms with Gasteiger partial charge in [0.05, 0.1) is 11.9 Å². The lowest BCUT2D eigenvalue weighted by Gasteiger charge is -2.08. The number of anilines is 1. The lowest BCUT2D eigenvalue weighted by atomic mass is 10.1. The minimum atomic E-state index is -4.20. The number of nitrogens with zero attached hydrogens (tertiary/aromatic N) is 3. The van der Waals surface area contributed by atoms with E-state index in [1.54, 1.807) is 29.1 Å². The standard InChI is InChI=1S/C18H14N6O4S/c25-17-16(10-19-18(26)20-17)29(27,28)22-13-6-4-5-12(9-13)15-11-24(23-21-15)14-7-2-1-3-8-14/h1-11,22H,(H2,19,20,25,26). The van der Waals surface area contributed by atoms with Gasteiger partial charge < -0.3 is 4.98 Å². The molecule has 0 fully saturated rings. The van der Waals surface area contributed by atoms with Crippen molar-refractivity contribution in [2.75, 3.05) is 4.72 Å². The van der Waals surface area contributed by atoms with Crippen molar-refractivity contribution in [2.45, 2.75) is 4.90 Å². The highest BCUT2D eigenvalue weighted by Gasteiger charge is 2.19. The first-order chi connectivity index (χ1) is 13.9. The lowest BCUT2D eigenvalue weighted by molar-refractivity contribution is 0.599. The number of benzene rings is 2. The quantitative estimate of drug-likeness (QED) is 0.450. The Morgan fingerprint density at radius 3 is 2.55 bits per heavy atom. The number of para-hydroxylation sites is 1. The summed E-state index contributed by atoms with van der Waals surface area (Å²) in [4.78, 5) is 26.3. The van der Waals surface area contributed by atoms with Crippen molar-refractivity contribution in [2.24, 2.45) is 0 Å². The van der Waals surface area contributed by atoms with Crippen molar-refractivity contribution in [3.05, 3.63) is 87.8 Å². The van der Waals surface area contributed by atoms with Crippen LogP contribution in [0.15, 0.2) is 81.5 Å². The van der Waals surface area contributed by atoms with E-state index in [0.717, 1.165) is 11.9 Å².